The van der Waals surface area contributed by atoms with Crippen molar-refractivity contribution in [3.05, 3.63) is 30.1 Å². The Labute approximate surface area is 101 Å². The molecule has 7 nitrogen and oxygen atoms in total. The summed E-state index contributed by atoms with van der Waals surface area (Å²) in [5, 5.41) is 10.8. The van der Waals surface area contributed by atoms with E-state index >= 15 is 0 Å². The van der Waals surface area contributed by atoms with Gasteiger partial charge >= 0.3 is 0 Å². The zero-order chi connectivity index (χ0) is 13.1. The fraction of sp³-hybridized carbons (Fsp3) is 0. The Morgan fingerprint density at radius 3 is 2.83 bits per heavy atom. The van der Waals surface area contributed by atoms with E-state index in [-0.39, 0.29) is 17.3 Å². The summed E-state index contributed by atoms with van der Waals surface area (Å²) in [6.07, 6.45) is 0. The van der Waals surface area contributed by atoms with Crippen molar-refractivity contribution in [3.8, 4) is 0 Å². The van der Waals surface area contributed by atoms with Crippen LogP contribution in [0.25, 0.3) is 0 Å². The van der Waals surface area contributed by atoms with Gasteiger partial charge in [0.05, 0.1) is 5.69 Å². The van der Waals surface area contributed by atoms with Crippen LogP contribution in [-0.2, 0) is 4.79 Å². The van der Waals surface area contributed by atoms with E-state index in [4.69, 9.17) is 11.5 Å². The van der Waals surface area contributed by atoms with Crippen LogP contribution in [0.5, 0.6) is 0 Å². The third kappa shape index (κ3) is 2.32. The first kappa shape index (κ1) is 11.7. The molecule has 1 aliphatic rings. The summed E-state index contributed by atoms with van der Waals surface area (Å²) in [5.41, 5.74) is 13.4. The van der Waals surface area contributed by atoms with Crippen molar-refractivity contribution in [2.45, 2.75) is 0 Å². The molecule has 1 aromatic carbocycles. The van der Waals surface area contributed by atoms with E-state index in [9.17, 15) is 9.18 Å². The van der Waals surface area contributed by atoms with E-state index < -0.39 is 11.7 Å². The third-order valence-electron chi connectivity index (χ3n) is 2.08. The molecule has 8 heteroatoms. The monoisotopic (exact) mass is 248 g/mol. The van der Waals surface area contributed by atoms with E-state index in [1.54, 1.807) is 6.07 Å². The fourth-order valence-corrected chi connectivity index (χ4v) is 1.27. The summed E-state index contributed by atoms with van der Waals surface area (Å²) < 4.78 is 12.9. The van der Waals surface area contributed by atoms with Crippen LogP contribution in [-0.4, -0.2) is 23.2 Å². The Morgan fingerprint density at radius 2 is 2.17 bits per heavy atom. The number of hydrazone groups is 1. The third-order valence-corrected chi connectivity index (χ3v) is 2.08. The molecule has 1 amide bonds. The number of amides is 1. The second kappa shape index (κ2) is 4.62. The number of rotatable bonds is 3. The number of benzene rings is 1. The fourth-order valence-electron chi connectivity index (χ4n) is 1.27. The zero-order valence-electron chi connectivity index (χ0n) is 9.09. The quantitative estimate of drug-likeness (QED) is 0.643. The molecular weight excluding hydrogens is 239 g/mol. The molecule has 0 spiro atoms. The lowest BCUT2D eigenvalue weighted by atomic mass is 10.2. The number of hydrogen-bond acceptors (Lipinski definition) is 6. The summed E-state index contributed by atoms with van der Waals surface area (Å²) >= 11 is 0. The first-order valence-electron chi connectivity index (χ1n) is 4.89. The van der Waals surface area contributed by atoms with Gasteiger partial charge in [-0.15, -0.1) is 10.2 Å². The average Bonchev–Trinajstić information content (AvgIpc) is 2.68. The maximum absolute atomic E-state index is 12.9. The second-order valence-electron chi connectivity index (χ2n) is 3.38. The summed E-state index contributed by atoms with van der Waals surface area (Å²) in [5.74, 6) is -1.25. The SMILES string of the molecule is NC(=O)C1=NN=C(N)C1=NNc1cccc(F)c1. The number of primary amides is 1. The second-order valence-corrected chi connectivity index (χ2v) is 3.38. The van der Waals surface area contributed by atoms with E-state index in [2.05, 4.69) is 20.7 Å². The first-order chi connectivity index (χ1) is 8.58. The Balaban J connectivity index is 2.21. The van der Waals surface area contributed by atoms with Crippen molar-refractivity contribution in [2.24, 2.45) is 26.8 Å². The highest BCUT2D eigenvalue weighted by Gasteiger charge is 2.24. The Bertz CT molecular complexity index is 592. The number of halogens is 1. The van der Waals surface area contributed by atoms with E-state index in [0.29, 0.717) is 5.69 Å². The van der Waals surface area contributed by atoms with Crippen molar-refractivity contribution in [1.82, 2.24) is 0 Å². The number of nitrogens with zero attached hydrogens (tertiary/aromatic N) is 3. The highest BCUT2D eigenvalue weighted by Crippen LogP contribution is 2.09. The zero-order valence-corrected chi connectivity index (χ0v) is 9.09. The topological polar surface area (TPSA) is 118 Å². The summed E-state index contributed by atoms with van der Waals surface area (Å²) in [6, 6.07) is 5.62. The van der Waals surface area contributed by atoms with Crippen LogP contribution < -0.4 is 16.9 Å². The molecule has 0 unspecified atom stereocenters. The van der Waals surface area contributed by atoms with Crippen molar-refractivity contribution in [2.75, 3.05) is 5.43 Å². The number of hydrogen-bond donors (Lipinski definition) is 3. The van der Waals surface area contributed by atoms with Gasteiger partial charge in [0.25, 0.3) is 5.91 Å². The van der Waals surface area contributed by atoms with Gasteiger partial charge in [-0.2, -0.15) is 5.10 Å². The minimum Gasteiger partial charge on any atom is -0.380 e. The molecule has 1 heterocycles. The molecule has 0 aliphatic carbocycles. The lowest BCUT2D eigenvalue weighted by molar-refractivity contribution is -0.111. The van der Waals surface area contributed by atoms with Crippen LogP contribution >= 0.6 is 0 Å². The van der Waals surface area contributed by atoms with Crippen molar-refractivity contribution >= 4 is 28.9 Å². The molecule has 0 atom stereocenters. The molecule has 0 aromatic heterocycles. The van der Waals surface area contributed by atoms with Gasteiger partial charge in [0.15, 0.2) is 17.3 Å². The van der Waals surface area contributed by atoms with Crippen LogP contribution in [0.2, 0.25) is 0 Å². The highest BCUT2D eigenvalue weighted by atomic mass is 19.1. The minimum absolute atomic E-state index is 0.0340. The molecule has 92 valence electrons. The number of carbonyl (C=O) groups is 1. The van der Waals surface area contributed by atoms with Crippen LogP contribution in [0, 0.1) is 5.82 Å². The maximum Gasteiger partial charge on any atom is 0.271 e. The van der Waals surface area contributed by atoms with E-state index in [1.165, 1.54) is 18.2 Å². The standard InChI is InChI=1S/C10H9FN6O/c11-5-2-1-3-6(4-5)14-15-7-8(10(13)18)16-17-9(7)12/h1-4,14H,(H2,13,18)(H2,12,15,17). The molecule has 0 saturated carbocycles. The predicted octanol–water partition coefficient (Wildman–Crippen LogP) is -0.194. The number of nitrogens with one attached hydrogen (secondary N) is 1. The average molecular weight is 248 g/mol. The van der Waals surface area contributed by atoms with Crippen LogP contribution in [0.3, 0.4) is 0 Å². The highest BCUT2D eigenvalue weighted by molar-refractivity contribution is 6.82. The van der Waals surface area contributed by atoms with Gasteiger partial charge < -0.3 is 11.5 Å². The molecule has 2 rings (SSSR count). The van der Waals surface area contributed by atoms with Crippen LogP contribution in [0.15, 0.2) is 39.6 Å². The minimum atomic E-state index is -0.793. The summed E-state index contributed by atoms with van der Waals surface area (Å²) in [6.45, 7) is 0. The normalized spacial score (nSPS) is 16.4. The van der Waals surface area contributed by atoms with Crippen LogP contribution in [0.4, 0.5) is 10.1 Å². The molecule has 5 N–H and O–H groups in total. The van der Waals surface area contributed by atoms with Gasteiger partial charge in [0, 0.05) is 0 Å². The molecular formula is C10H9FN6O. The Morgan fingerprint density at radius 1 is 1.39 bits per heavy atom. The molecule has 0 fully saturated rings. The smallest absolute Gasteiger partial charge is 0.271 e. The molecule has 0 radical (unpaired) electrons. The van der Waals surface area contributed by atoms with E-state index in [1.807, 2.05) is 0 Å². The van der Waals surface area contributed by atoms with Gasteiger partial charge in [0.2, 0.25) is 0 Å². The summed E-state index contributed by atoms with van der Waals surface area (Å²) in [4.78, 5) is 11.0. The van der Waals surface area contributed by atoms with Gasteiger partial charge in [-0.3, -0.25) is 10.2 Å². The van der Waals surface area contributed by atoms with Gasteiger partial charge in [-0.25, -0.2) is 4.39 Å². The van der Waals surface area contributed by atoms with E-state index in [0.717, 1.165) is 0 Å². The first-order valence-corrected chi connectivity index (χ1v) is 4.89. The number of carbonyl (C=O) groups excluding carboxylic acids is 1. The van der Waals surface area contributed by atoms with Crippen molar-refractivity contribution in [1.29, 1.82) is 0 Å². The largest absolute Gasteiger partial charge is 0.380 e. The molecule has 0 saturated heterocycles. The summed E-state index contributed by atoms with van der Waals surface area (Å²) in [7, 11) is 0. The Hall–Kier alpha value is -2.77. The molecule has 1 aromatic rings. The van der Waals surface area contributed by atoms with Gasteiger partial charge in [-0.1, -0.05) is 6.07 Å². The number of anilines is 1. The van der Waals surface area contributed by atoms with Crippen molar-refractivity contribution < 1.29 is 9.18 Å². The van der Waals surface area contributed by atoms with Gasteiger partial charge in [-0.05, 0) is 18.2 Å². The van der Waals surface area contributed by atoms with Crippen molar-refractivity contribution in [3.63, 3.8) is 0 Å². The lowest BCUT2D eigenvalue weighted by Crippen LogP contribution is -2.36. The number of amidine groups is 1. The van der Waals surface area contributed by atoms with Crippen LogP contribution in [0.1, 0.15) is 0 Å². The molecule has 1 aliphatic heterocycles. The van der Waals surface area contributed by atoms with Gasteiger partial charge in [0.1, 0.15) is 5.82 Å². The lowest BCUT2D eigenvalue weighted by Gasteiger charge is -2.02. The maximum atomic E-state index is 12.9. The molecule has 18 heavy (non-hydrogen) atoms. The molecule has 0 bridgehead atoms. The number of nitrogens with two attached hydrogens (primary N) is 2. The predicted molar refractivity (Wildman–Crippen MR) is 65.7 cm³/mol. The Kier molecular flexibility index (Phi) is 3.00.